The van der Waals surface area contributed by atoms with Crippen molar-refractivity contribution in [2.24, 2.45) is 34.5 Å². The van der Waals surface area contributed by atoms with E-state index in [1.165, 1.54) is 0 Å². The first kappa shape index (κ1) is 40.4. The van der Waals surface area contributed by atoms with Crippen molar-refractivity contribution in [2.45, 2.75) is 128 Å². The number of esters is 3. The molecule has 10 heteroatoms. The molecule has 0 spiro atoms. The Kier molecular flexibility index (Phi) is 11.1. The molecule has 1 N–H and O–H groups in total. The van der Waals surface area contributed by atoms with Crippen LogP contribution >= 0.6 is 0 Å². The molecule has 4 saturated carbocycles. The first-order valence-electron chi connectivity index (χ1n) is 21.1. The van der Waals surface area contributed by atoms with Gasteiger partial charge >= 0.3 is 17.9 Å². The van der Waals surface area contributed by atoms with E-state index in [0.29, 0.717) is 23.8 Å². The largest absolute Gasteiger partial charge is 0.452 e. The van der Waals surface area contributed by atoms with Gasteiger partial charge in [-0.2, -0.15) is 0 Å². The average molecular weight is 793 g/mol. The van der Waals surface area contributed by atoms with Gasteiger partial charge in [0.15, 0.2) is 24.6 Å². The summed E-state index contributed by atoms with van der Waals surface area (Å²) < 4.78 is 31.9. The van der Waals surface area contributed by atoms with E-state index < -0.39 is 59.6 Å². The van der Waals surface area contributed by atoms with Crippen LogP contribution in [0.5, 0.6) is 0 Å². The lowest BCUT2D eigenvalue weighted by molar-refractivity contribution is -0.308. The fourth-order valence-corrected chi connectivity index (χ4v) is 12.0. The van der Waals surface area contributed by atoms with Crippen molar-refractivity contribution in [3.05, 3.63) is 108 Å². The molecule has 0 unspecified atom stereocenters. The second-order valence-electron chi connectivity index (χ2n) is 18.0. The Bertz CT molecular complexity index is 1970. The zero-order valence-corrected chi connectivity index (χ0v) is 33.9. The van der Waals surface area contributed by atoms with E-state index in [1.807, 2.05) is 0 Å². The molecular formula is C48H56O10. The molecule has 8 rings (SSSR count). The first-order valence-corrected chi connectivity index (χ1v) is 21.1. The van der Waals surface area contributed by atoms with Crippen molar-refractivity contribution in [1.82, 2.24) is 0 Å². The maximum atomic E-state index is 13.8. The Hall–Kier alpha value is -4.38. The average Bonchev–Trinajstić information content (AvgIpc) is 3.52. The van der Waals surface area contributed by atoms with Gasteiger partial charge in [-0.25, -0.2) is 14.4 Å². The summed E-state index contributed by atoms with van der Waals surface area (Å²) >= 11 is 0. The molecule has 4 aliphatic carbocycles. The van der Waals surface area contributed by atoms with Crippen molar-refractivity contribution >= 4 is 23.7 Å². The van der Waals surface area contributed by atoms with Crippen LogP contribution in [0.1, 0.15) is 117 Å². The third-order valence-corrected chi connectivity index (χ3v) is 15.1. The highest BCUT2D eigenvalue weighted by Gasteiger charge is 2.68. The second kappa shape index (κ2) is 16.0. The van der Waals surface area contributed by atoms with Crippen LogP contribution in [0.15, 0.2) is 91.0 Å². The Morgan fingerprint density at radius 1 is 0.638 bits per heavy atom. The third-order valence-electron chi connectivity index (χ3n) is 15.1. The van der Waals surface area contributed by atoms with Gasteiger partial charge in [0.25, 0.3) is 0 Å². The number of benzene rings is 3. The first-order chi connectivity index (χ1) is 27.8. The van der Waals surface area contributed by atoms with Gasteiger partial charge < -0.3 is 28.8 Å². The molecule has 3 aromatic rings. The van der Waals surface area contributed by atoms with Crippen molar-refractivity contribution in [3.63, 3.8) is 0 Å². The van der Waals surface area contributed by atoms with Crippen LogP contribution in [0, 0.1) is 34.5 Å². The van der Waals surface area contributed by atoms with Crippen LogP contribution in [0.2, 0.25) is 0 Å². The van der Waals surface area contributed by atoms with Crippen molar-refractivity contribution < 1.29 is 48.0 Å². The minimum atomic E-state index is -1.30. The summed E-state index contributed by atoms with van der Waals surface area (Å²) in [6.45, 7) is 7.97. The molecule has 308 valence electrons. The topological polar surface area (TPSA) is 135 Å². The van der Waals surface area contributed by atoms with Crippen LogP contribution < -0.4 is 0 Å². The normalized spacial score (nSPS) is 37.9. The predicted molar refractivity (Wildman–Crippen MR) is 214 cm³/mol. The van der Waals surface area contributed by atoms with Crippen LogP contribution in [-0.2, 0) is 28.5 Å². The van der Waals surface area contributed by atoms with Gasteiger partial charge in [0, 0.05) is 11.3 Å². The zero-order chi connectivity index (χ0) is 40.8. The van der Waals surface area contributed by atoms with Gasteiger partial charge in [0.1, 0.15) is 5.78 Å². The van der Waals surface area contributed by atoms with Crippen molar-refractivity contribution in [1.29, 1.82) is 0 Å². The number of Topliss-reactive ketones (excluding diaryl/α,β-unsaturated/α-hetero) is 1. The fourth-order valence-electron chi connectivity index (χ4n) is 12.0. The van der Waals surface area contributed by atoms with Gasteiger partial charge in [-0.1, -0.05) is 68.4 Å². The summed E-state index contributed by atoms with van der Waals surface area (Å²) in [7, 11) is 0. The lowest BCUT2D eigenvalue weighted by atomic mass is 9.43. The smallest absolute Gasteiger partial charge is 0.338 e. The zero-order valence-electron chi connectivity index (χ0n) is 33.9. The van der Waals surface area contributed by atoms with E-state index in [9.17, 15) is 24.3 Å². The van der Waals surface area contributed by atoms with E-state index >= 15 is 0 Å². The third kappa shape index (κ3) is 7.19. The molecule has 0 amide bonds. The molecule has 0 radical (unpaired) electrons. The number of carbonyl (C=O) groups is 4. The molecule has 0 aromatic heterocycles. The summed E-state index contributed by atoms with van der Waals surface area (Å²) in [5.74, 6) is -1.07. The summed E-state index contributed by atoms with van der Waals surface area (Å²) in [5, 5.41) is 12.5. The molecule has 13 atom stereocenters. The van der Waals surface area contributed by atoms with E-state index in [4.69, 9.17) is 23.7 Å². The minimum absolute atomic E-state index is 0.0154. The summed E-state index contributed by atoms with van der Waals surface area (Å²) in [4.78, 5) is 53.8. The van der Waals surface area contributed by atoms with Crippen LogP contribution in [-0.4, -0.2) is 71.2 Å². The highest BCUT2D eigenvalue weighted by atomic mass is 16.7. The number of hydrogen-bond acceptors (Lipinski definition) is 10. The molecule has 10 nitrogen and oxygen atoms in total. The fraction of sp³-hybridized carbons (Fsp3) is 0.542. The van der Waals surface area contributed by atoms with E-state index in [2.05, 4.69) is 13.8 Å². The van der Waals surface area contributed by atoms with Gasteiger partial charge in [-0.3, -0.25) is 4.79 Å². The number of ketones is 1. The van der Waals surface area contributed by atoms with Gasteiger partial charge in [-0.15, -0.1) is 0 Å². The second-order valence-corrected chi connectivity index (χ2v) is 18.0. The summed E-state index contributed by atoms with van der Waals surface area (Å²) in [5.41, 5.74) is -0.373. The summed E-state index contributed by atoms with van der Waals surface area (Å²) in [6, 6.07) is 25.5. The number of rotatable bonds is 9. The Balaban J connectivity index is 1.06. The van der Waals surface area contributed by atoms with Gasteiger partial charge in [0.05, 0.1) is 34.5 Å². The molecule has 58 heavy (non-hydrogen) atoms. The molecule has 1 heterocycles. The van der Waals surface area contributed by atoms with E-state index in [1.54, 1.807) is 105 Å². The lowest BCUT2D eigenvalue weighted by Crippen LogP contribution is -2.63. The molecule has 0 bridgehead atoms. The number of hydrogen-bond donors (Lipinski definition) is 1. The van der Waals surface area contributed by atoms with Crippen LogP contribution in [0.4, 0.5) is 0 Å². The highest BCUT2D eigenvalue weighted by Crippen LogP contribution is 2.69. The highest BCUT2D eigenvalue weighted by molar-refractivity contribution is 5.91. The standard InChI is InChI=1S/C48H56O10/c1-29(49)36-24-27-48(53)38-21-20-34-28-35(22-25-46(34,3)37(38)23-26-47(36,48)4)55-45-41(58-44(52)33-18-12-7-13-19-33)40(57-43(51)32-16-10-6-11-17-32)39(30(2)54-45)56-42(50)31-14-8-5-9-15-31/h5-19,30,34-41,45,53H,20-28H2,1-4H3/t30-,34+,35-,36+,37-,38+,39-,40+,41+,45+,46-,47+,48-/m0/s1. The van der Waals surface area contributed by atoms with Gasteiger partial charge in [0.2, 0.25) is 0 Å². The Morgan fingerprint density at radius 3 is 1.72 bits per heavy atom. The van der Waals surface area contributed by atoms with Crippen LogP contribution in [0.25, 0.3) is 0 Å². The maximum absolute atomic E-state index is 13.8. The predicted octanol–water partition coefficient (Wildman–Crippen LogP) is 8.16. The Labute approximate surface area is 340 Å². The van der Waals surface area contributed by atoms with E-state index in [-0.39, 0.29) is 40.3 Å². The molecule has 1 aliphatic heterocycles. The van der Waals surface area contributed by atoms with E-state index in [0.717, 1.165) is 51.4 Å². The number of ether oxygens (including phenoxy) is 5. The molecule has 5 aliphatic rings. The SMILES string of the molecule is CC(=O)[C@H]1CC[C@]2(O)[C@@H]3CC[C@@H]4C[C@@H](O[C@H]5O[C@@H](C)[C@H](OC(=O)c6ccccc6)[C@@H](OC(=O)c6ccccc6)[C@H]5OC(=O)c5ccccc5)CC[C@]4(C)[C@H]3CC[C@]12C. The van der Waals surface area contributed by atoms with Crippen LogP contribution in [0.3, 0.4) is 0 Å². The number of aliphatic hydroxyl groups is 1. The monoisotopic (exact) mass is 792 g/mol. The number of carbonyl (C=O) groups excluding carboxylic acids is 4. The maximum Gasteiger partial charge on any atom is 0.338 e. The molecule has 3 aromatic carbocycles. The summed E-state index contributed by atoms with van der Waals surface area (Å²) in [6.07, 6.45) is 1.50. The van der Waals surface area contributed by atoms with Crippen molar-refractivity contribution in [3.8, 4) is 0 Å². The quantitative estimate of drug-likeness (QED) is 0.129. The minimum Gasteiger partial charge on any atom is -0.452 e. The molecule has 1 saturated heterocycles. The molecular weight excluding hydrogens is 737 g/mol. The number of fused-ring (bicyclic) bond motifs is 5. The lowest BCUT2D eigenvalue weighted by Gasteiger charge is -2.63. The Morgan fingerprint density at radius 2 is 1.17 bits per heavy atom. The molecule has 5 fully saturated rings. The van der Waals surface area contributed by atoms with Gasteiger partial charge in [-0.05, 0) is 131 Å². The van der Waals surface area contributed by atoms with Crippen molar-refractivity contribution in [2.75, 3.05) is 0 Å².